The minimum absolute atomic E-state index is 0.0837. The molecule has 0 bridgehead atoms. The molecule has 80 valence electrons. The summed E-state index contributed by atoms with van der Waals surface area (Å²) in [6.45, 7) is 9.06. The molecular formula is C10H20N2OSi. The molecule has 1 saturated heterocycles. The summed E-state index contributed by atoms with van der Waals surface area (Å²) in [7, 11) is -1.33. The first kappa shape index (κ1) is 11.4. The van der Waals surface area contributed by atoms with Gasteiger partial charge in [-0.1, -0.05) is 19.5 Å². The van der Waals surface area contributed by atoms with E-state index in [1.807, 2.05) is 0 Å². The highest BCUT2D eigenvalue weighted by Gasteiger charge is 2.31. The zero-order chi connectivity index (χ0) is 10.8. The van der Waals surface area contributed by atoms with Gasteiger partial charge in [-0.05, 0) is 19.4 Å². The van der Waals surface area contributed by atoms with Crippen molar-refractivity contribution in [2.24, 2.45) is 5.10 Å². The SMILES string of the molecule is CC(=O)C(C)=NN1CCCC[Si]1(C)C. The Morgan fingerprint density at radius 1 is 1.29 bits per heavy atom. The molecule has 0 radical (unpaired) electrons. The summed E-state index contributed by atoms with van der Waals surface area (Å²) >= 11 is 0. The Hall–Kier alpha value is -0.643. The number of nitrogens with zero attached hydrogens (tertiary/aromatic N) is 2. The van der Waals surface area contributed by atoms with Crippen LogP contribution in [0.25, 0.3) is 0 Å². The first-order valence-corrected chi connectivity index (χ1v) is 8.43. The van der Waals surface area contributed by atoms with E-state index in [0.29, 0.717) is 5.71 Å². The van der Waals surface area contributed by atoms with E-state index in [2.05, 4.69) is 22.9 Å². The quantitative estimate of drug-likeness (QED) is 0.519. The van der Waals surface area contributed by atoms with Crippen LogP contribution in [0.2, 0.25) is 19.1 Å². The van der Waals surface area contributed by atoms with Gasteiger partial charge in [0.1, 0.15) is 0 Å². The van der Waals surface area contributed by atoms with Gasteiger partial charge in [-0.25, -0.2) is 0 Å². The van der Waals surface area contributed by atoms with E-state index in [9.17, 15) is 4.79 Å². The molecule has 1 aliphatic heterocycles. The lowest BCUT2D eigenvalue weighted by molar-refractivity contribution is -0.111. The van der Waals surface area contributed by atoms with Crippen molar-refractivity contribution in [2.45, 2.75) is 45.8 Å². The molecule has 3 nitrogen and oxygen atoms in total. The summed E-state index contributed by atoms with van der Waals surface area (Å²) in [6.07, 6.45) is 2.54. The summed E-state index contributed by atoms with van der Waals surface area (Å²) in [5.74, 6) is 0.0837. The maximum absolute atomic E-state index is 11.1. The minimum atomic E-state index is -1.33. The maximum atomic E-state index is 11.1. The molecule has 4 heteroatoms. The van der Waals surface area contributed by atoms with Crippen LogP contribution in [-0.2, 0) is 4.79 Å². The van der Waals surface area contributed by atoms with Gasteiger partial charge in [0.05, 0.1) is 5.71 Å². The topological polar surface area (TPSA) is 32.7 Å². The minimum Gasteiger partial charge on any atom is -0.324 e. The normalized spacial score (nSPS) is 22.3. The van der Waals surface area contributed by atoms with E-state index in [4.69, 9.17) is 0 Å². The highest BCUT2D eigenvalue weighted by molar-refractivity contribution is 6.74. The summed E-state index contributed by atoms with van der Waals surface area (Å²) in [4.78, 5) is 11.1. The van der Waals surface area contributed by atoms with Crippen LogP contribution in [-0.4, -0.2) is 30.9 Å². The van der Waals surface area contributed by atoms with E-state index in [0.717, 1.165) is 6.54 Å². The zero-order valence-corrected chi connectivity index (χ0v) is 10.6. The fraction of sp³-hybridized carbons (Fsp3) is 0.800. The van der Waals surface area contributed by atoms with Crippen molar-refractivity contribution >= 4 is 19.7 Å². The molecule has 0 atom stereocenters. The van der Waals surface area contributed by atoms with Crippen molar-refractivity contribution in [2.75, 3.05) is 6.54 Å². The molecule has 1 fully saturated rings. The molecule has 0 spiro atoms. The van der Waals surface area contributed by atoms with E-state index in [-0.39, 0.29) is 5.78 Å². The van der Waals surface area contributed by atoms with Gasteiger partial charge in [0.25, 0.3) is 0 Å². The third kappa shape index (κ3) is 2.67. The van der Waals surface area contributed by atoms with Crippen molar-refractivity contribution < 1.29 is 4.79 Å². The van der Waals surface area contributed by atoms with Crippen LogP contribution in [0, 0.1) is 0 Å². The van der Waals surface area contributed by atoms with Crippen LogP contribution in [0.1, 0.15) is 26.7 Å². The molecule has 0 aromatic heterocycles. The van der Waals surface area contributed by atoms with Gasteiger partial charge < -0.3 is 4.67 Å². The fourth-order valence-corrected chi connectivity index (χ4v) is 4.25. The zero-order valence-electron chi connectivity index (χ0n) is 9.63. The predicted molar refractivity (Wildman–Crippen MR) is 62.0 cm³/mol. The van der Waals surface area contributed by atoms with Crippen molar-refractivity contribution in [3.63, 3.8) is 0 Å². The van der Waals surface area contributed by atoms with Crippen molar-refractivity contribution in [3.05, 3.63) is 0 Å². The second kappa shape index (κ2) is 4.25. The number of rotatable bonds is 2. The van der Waals surface area contributed by atoms with E-state index in [1.165, 1.54) is 18.9 Å². The highest BCUT2D eigenvalue weighted by Crippen LogP contribution is 2.24. The van der Waals surface area contributed by atoms with Crippen molar-refractivity contribution in [3.8, 4) is 0 Å². The van der Waals surface area contributed by atoms with Crippen LogP contribution in [0.4, 0.5) is 0 Å². The van der Waals surface area contributed by atoms with Gasteiger partial charge >= 0.3 is 0 Å². The summed E-state index contributed by atoms with van der Waals surface area (Å²) in [5, 5.41) is 4.45. The number of hydrazone groups is 1. The number of Topliss-reactive ketones (excluding diaryl/α,β-unsaturated/α-hetero) is 1. The fourth-order valence-electron chi connectivity index (χ4n) is 1.69. The number of carbonyl (C=O) groups is 1. The van der Waals surface area contributed by atoms with E-state index < -0.39 is 8.24 Å². The number of hydrogen-bond acceptors (Lipinski definition) is 3. The molecule has 0 saturated carbocycles. The summed E-state index contributed by atoms with van der Waals surface area (Å²) in [5.41, 5.74) is 0.646. The summed E-state index contributed by atoms with van der Waals surface area (Å²) in [6, 6.07) is 1.29. The standard InChI is InChI=1S/C10H20N2OSi/c1-9(10(2)13)11-12-7-5-6-8-14(12,3)4/h5-8H2,1-4H3. The third-order valence-corrected chi connectivity index (χ3v) is 6.19. The second-order valence-electron chi connectivity index (χ2n) is 4.63. The molecule has 0 aromatic rings. The Labute approximate surface area is 87.3 Å². The first-order valence-electron chi connectivity index (χ1n) is 5.27. The molecule has 1 aliphatic rings. The molecule has 0 aliphatic carbocycles. The third-order valence-electron chi connectivity index (χ3n) is 2.89. The lowest BCUT2D eigenvalue weighted by atomic mass is 10.3. The van der Waals surface area contributed by atoms with Gasteiger partial charge in [-0.15, -0.1) is 0 Å². The molecule has 14 heavy (non-hydrogen) atoms. The van der Waals surface area contributed by atoms with Crippen LogP contribution in [0.5, 0.6) is 0 Å². The van der Waals surface area contributed by atoms with Gasteiger partial charge in [0, 0.05) is 13.5 Å². The molecule has 0 aromatic carbocycles. The number of hydrogen-bond donors (Lipinski definition) is 0. The van der Waals surface area contributed by atoms with Gasteiger partial charge in [0.2, 0.25) is 0 Å². The lowest BCUT2D eigenvalue weighted by Gasteiger charge is -2.38. The average Bonchev–Trinajstić information content (AvgIpc) is 2.08. The average molecular weight is 212 g/mol. The second-order valence-corrected chi connectivity index (χ2v) is 9.28. The van der Waals surface area contributed by atoms with Gasteiger partial charge in [0.15, 0.2) is 14.0 Å². The Morgan fingerprint density at radius 2 is 1.93 bits per heavy atom. The maximum Gasteiger partial charge on any atom is 0.175 e. The predicted octanol–water partition coefficient (Wildman–Crippen LogP) is 2.25. The Kier molecular flexibility index (Phi) is 3.47. The van der Waals surface area contributed by atoms with E-state index >= 15 is 0 Å². The molecule has 1 rings (SSSR count). The van der Waals surface area contributed by atoms with Crippen molar-refractivity contribution in [1.82, 2.24) is 4.67 Å². The Bertz CT molecular complexity index is 261. The lowest BCUT2D eigenvalue weighted by Crippen LogP contribution is -2.49. The highest BCUT2D eigenvalue weighted by atomic mass is 28.3. The van der Waals surface area contributed by atoms with Crippen LogP contribution < -0.4 is 0 Å². The molecule has 0 amide bonds. The molecule has 0 unspecified atom stereocenters. The summed E-state index contributed by atoms with van der Waals surface area (Å²) < 4.78 is 2.20. The number of carbonyl (C=O) groups excluding carboxylic acids is 1. The smallest absolute Gasteiger partial charge is 0.175 e. The van der Waals surface area contributed by atoms with Crippen LogP contribution >= 0.6 is 0 Å². The van der Waals surface area contributed by atoms with Crippen LogP contribution in [0.3, 0.4) is 0 Å². The monoisotopic (exact) mass is 212 g/mol. The largest absolute Gasteiger partial charge is 0.324 e. The van der Waals surface area contributed by atoms with Gasteiger partial charge in [-0.3, -0.25) is 4.79 Å². The number of ketones is 1. The van der Waals surface area contributed by atoms with Crippen molar-refractivity contribution in [1.29, 1.82) is 0 Å². The Balaban J connectivity index is 2.75. The van der Waals surface area contributed by atoms with E-state index in [1.54, 1.807) is 13.8 Å². The first-order chi connectivity index (χ1) is 6.43. The van der Waals surface area contributed by atoms with Gasteiger partial charge in [-0.2, -0.15) is 5.10 Å². The Morgan fingerprint density at radius 3 is 2.43 bits per heavy atom. The van der Waals surface area contributed by atoms with Crippen LogP contribution in [0.15, 0.2) is 5.10 Å². The molecular weight excluding hydrogens is 192 g/mol. The molecule has 1 heterocycles. The molecule has 0 N–H and O–H groups in total.